The number of nitrogens with zero attached hydrogens (tertiary/aromatic N) is 1. The molecule has 21 heavy (non-hydrogen) atoms. The van der Waals surface area contributed by atoms with Crippen molar-refractivity contribution in [2.45, 2.75) is 30.0 Å². The monoisotopic (exact) mass is 337 g/mol. The summed E-state index contributed by atoms with van der Waals surface area (Å²) in [6.07, 6.45) is 0.974. The lowest BCUT2D eigenvalue weighted by molar-refractivity contribution is -0.131. The van der Waals surface area contributed by atoms with Crippen LogP contribution in [0.1, 0.15) is 17.4 Å². The standard InChI is InChI=1S/C16H16ClNOS2/c1-11(21-15-5-3-2-4-13(15)17)16(19)18-8-6-14-12(10-18)7-9-20-14/h2-5,7,9,11H,6,8,10H2,1H3. The second-order valence-corrected chi connectivity index (χ2v) is 7.86. The second kappa shape index (κ2) is 6.42. The number of hydrogen-bond donors (Lipinski definition) is 0. The van der Waals surface area contributed by atoms with Crippen LogP contribution in [0.4, 0.5) is 0 Å². The number of amides is 1. The van der Waals surface area contributed by atoms with Gasteiger partial charge < -0.3 is 4.90 Å². The summed E-state index contributed by atoms with van der Waals surface area (Å²) in [5, 5.41) is 2.70. The van der Waals surface area contributed by atoms with Gasteiger partial charge in [-0.2, -0.15) is 0 Å². The van der Waals surface area contributed by atoms with Crippen molar-refractivity contribution in [2.24, 2.45) is 0 Å². The maximum atomic E-state index is 12.6. The first-order valence-electron chi connectivity index (χ1n) is 6.90. The highest BCUT2D eigenvalue weighted by Gasteiger charge is 2.26. The molecular formula is C16H16ClNOS2. The Morgan fingerprint density at radius 3 is 3.00 bits per heavy atom. The number of carbonyl (C=O) groups is 1. The minimum absolute atomic E-state index is 0.120. The van der Waals surface area contributed by atoms with Gasteiger partial charge in [0.15, 0.2) is 0 Å². The molecule has 2 nitrogen and oxygen atoms in total. The molecule has 1 atom stereocenters. The van der Waals surface area contributed by atoms with Gasteiger partial charge in [0.1, 0.15) is 0 Å². The molecular weight excluding hydrogens is 322 g/mol. The van der Waals surface area contributed by atoms with E-state index < -0.39 is 0 Å². The third-order valence-electron chi connectivity index (χ3n) is 3.61. The average Bonchev–Trinajstić information content (AvgIpc) is 2.96. The van der Waals surface area contributed by atoms with E-state index >= 15 is 0 Å². The summed E-state index contributed by atoms with van der Waals surface area (Å²) in [4.78, 5) is 17.0. The van der Waals surface area contributed by atoms with E-state index in [0.717, 1.165) is 24.4 Å². The van der Waals surface area contributed by atoms with Crippen LogP contribution < -0.4 is 0 Å². The molecule has 110 valence electrons. The summed E-state index contributed by atoms with van der Waals surface area (Å²) in [7, 11) is 0. The number of benzene rings is 1. The van der Waals surface area contributed by atoms with Gasteiger partial charge in [-0.05, 0) is 42.5 Å². The highest BCUT2D eigenvalue weighted by molar-refractivity contribution is 8.00. The summed E-state index contributed by atoms with van der Waals surface area (Å²) in [6, 6.07) is 9.81. The highest BCUT2D eigenvalue weighted by Crippen LogP contribution is 2.32. The lowest BCUT2D eigenvalue weighted by Gasteiger charge is -2.29. The Balaban J connectivity index is 1.67. The smallest absolute Gasteiger partial charge is 0.236 e. The molecule has 0 aliphatic carbocycles. The predicted octanol–water partition coefficient (Wildman–Crippen LogP) is 4.47. The molecule has 0 bridgehead atoms. The van der Waals surface area contributed by atoms with Crippen molar-refractivity contribution < 1.29 is 4.79 Å². The molecule has 0 saturated heterocycles. The fraction of sp³-hybridized carbons (Fsp3) is 0.312. The molecule has 0 fully saturated rings. The first-order valence-corrected chi connectivity index (χ1v) is 9.04. The van der Waals surface area contributed by atoms with Crippen molar-refractivity contribution in [1.29, 1.82) is 0 Å². The van der Waals surface area contributed by atoms with E-state index in [-0.39, 0.29) is 11.2 Å². The number of fused-ring (bicyclic) bond motifs is 1. The Labute approximate surface area is 138 Å². The number of carbonyl (C=O) groups excluding carboxylic acids is 1. The number of thioether (sulfide) groups is 1. The van der Waals surface area contributed by atoms with E-state index in [2.05, 4.69) is 11.4 Å². The summed E-state index contributed by atoms with van der Waals surface area (Å²) in [5.41, 5.74) is 1.30. The molecule has 1 amide bonds. The largest absolute Gasteiger partial charge is 0.337 e. The Kier molecular flexibility index (Phi) is 4.57. The summed E-state index contributed by atoms with van der Waals surface area (Å²) >= 11 is 9.49. The zero-order chi connectivity index (χ0) is 14.8. The van der Waals surface area contributed by atoms with Crippen molar-refractivity contribution in [1.82, 2.24) is 4.90 Å². The van der Waals surface area contributed by atoms with Crippen molar-refractivity contribution in [3.05, 3.63) is 51.2 Å². The molecule has 0 radical (unpaired) electrons. The van der Waals surface area contributed by atoms with Crippen LogP contribution in [0, 0.1) is 0 Å². The number of halogens is 1. The molecule has 3 rings (SSSR count). The van der Waals surface area contributed by atoms with Gasteiger partial charge in [-0.25, -0.2) is 0 Å². The summed E-state index contributed by atoms with van der Waals surface area (Å²) in [6.45, 7) is 3.52. The van der Waals surface area contributed by atoms with Crippen molar-refractivity contribution in [3.8, 4) is 0 Å². The number of thiophene rings is 1. The van der Waals surface area contributed by atoms with Crippen LogP contribution in [-0.2, 0) is 17.8 Å². The van der Waals surface area contributed by atoms with Crippen molar-refractivity contribution in [3.63, 3.8) is 0 Å². The predicted molar refractivity (Wildman–Crippen MR) is 90.2 cm³/mol. The van der Waals surface area contributed by atoms with E-state index in [0.29, 0.717) is 5.02 Å². The van der Waals surface area contributed by atoms with Crippen LogP contribution in [-0.4, -0.2) is 22.6 Å². The van der Waals surface area contributed by atoms with Crippen LogP contribution >= 0.6 is 34.7 Å². The number of hydrogen-bond acceptors (Lipinski definition) is 3. The molecule has 2 heterocycles. The first kappa shape index (κ1) is 14.9. The van der Waals surface area contributed by atoms with Gasteiger partial charge >= 0.3 is 0 Å². The quantitative estimate of drug-likeness (QED) is 0.770. The van der Waals surface area contributed by atoms with Crippen LogP contribution in [0.15, 0.2) is 40.6 Å². The Morgan fingerprint density at radius 1 is 1.38 bits per heavy atom. The SMILES string of the molecule is CC(Sc1ccccc1Cl)C(=O)N1CCc2sccc2C1. The van der Waals surface area contributed by atoms with Gasteiger partial charge in [0.2, 0.25) is 5.91 Å². The third-order valence-corrected chi connectivity index (χ3v) is 6.24. The number of rotatable bonds is 3. The molecule has 1 aliphatic heterocycles. The van der Waals surface area contributed by atoms with Gasteiger partial charge in [0, 0.05) is 22.9 Å². The second-order valence-electron chi connectivity index (χ2n) is 5.07. The molecule has 0 spiro atoms. The summed E-state index contributed by atoms with van der Waals surface area (Å²) in [5.74, 6) is 0.191. The van der Waals surface area contributed by atoms with Crippen LogP contribution in [0.3, 0.4) is 0 Å². The molecule has 1 aromatic heterocycles. The first-order chi connectivity index (χ1) is 10.1. The van der Waals surface area contributed by atoms with Crippen molar-refractivity contribution in [2.75, 3.05) is 6.54 Å². The molecule has 0 saturated carbocycles. The van der Waals surface area contributed by atoms with Gasteiger partial charge in [-0.1, -0.05) is 23.7 Å². The fourth-order valence-electron chi connectivity index (χ4n) is 2.47. The van der Waals surface area contributed by atoms with Crippen molar-refractivity contribution >= 4 is 40.6 Å². The van der Waals surface area contributed by atoms with Crippen LogP contribution in [0.5, 0.6) is 0 Å². The highest BCUT2D eigenvalue weighted by atomic mass is 35.5. The maximum absolute atomic E-state index is 12.6. The fourth-order valence-corrected chi connectivity index (χ4v) is 4.60. The maximum Gasteiger partial charge on any atom is 0.236 e. The minimum atomic E-state index is -0.120. The van der Waals surface area contributed by atoms with E-state index in [1.165, 1.54) is 22.2 Å². The lowest BCUT2D eigenvalue weighted by atomic mass is 10.1. The van der Waals surface area contributed by atoms with Crippen LogP contribution in [0.25, 0.3) is 0 Å². The van der Waals surface area contributed by atoms with Gasteiger partial charge in [-0.15, -0.1) is 23.1 Å². The molecule has 0 N–H and O–H groups in total. The van der Waals surface area contributed by atoms with E-state index in [1.54, 1.807) is 11.3 Å². The zero-order valence-corrected chi connectivity index (χ0v) is 14.1. The average molecular weight is 338 g/mol. The van der Waals surface area contributed by atoms with Crippen LogP contribution in [0.2, 0.25) is 5.02 Å². The van der Waals surface area contributed by atoms with Gasteiger partial charge in [0.05, 0.1) is 10.3 Å². The molecule has 2 aromatic rings. The molecule has 1 unspecified atom stereocenters. The molecule has 1 aromatic carbocycles. The van der Waals surface area contributed by atoms with Gasteiger partial charge in [0.25, 0.3) is 0 Å². The third kappa shape index (κ3) is 3.28. The van der Waals surface area contributed by atoms with E-state index in [1.807, 2.05) is 36.1 Å². The topological polar surface area (TPSA) is 20.3 Å². The molecule has 1 aliphatic rings. The summed E-state index contributed by atoms with van der Waals surface area (Å²) < 4.78 is 0. The zero-order valence-electron chi connectivity index (χ0n) is 11.7. The van der Waals surface area contributed by atoms with E-state index in [9.17, 15) is 4.79 Å². The normalized spacial score (nSPS) is 15.6. The Morgan fingerprint density at radius 2 is 2.19 bits per heavy atom. The Hall–Kier alpha value is -0.970. The lowest BCUT2D eigenvalue weighted by Crippen LogP contribution is -2.39. The van der Waals surface area contributed by atoms with Gasteiger partial charge in [-0.3, -0.25) is 4.79 Å². The molecule has 5 heteroatoms. The van der Waals surface area contributed by atoms with E-state index in [4.69, 9.17) is 11.6 Å². The minimum Gasteiger partial charge on any atom is -0.337 e. The Bertz CT molecular complexity index is 655.